The maximum atomic E-state index is 13.0. The molecule has 6 nitrogen and oxygen atoms in total. The summed E-state index contributed by atoms with van der Waals surface area (Å²) in [5.41, 5.74) is 0.699. The molecule has 7 heteroatoms. The van der Waals surface area contributed by atoms with Crippen molar-refractivity contribution in [1.82, 2.24) is 19.7 Å². The molecule has 118 valence electrons. The SMILES string of the molecule is Cn1ncnc1C1COCCN1CC(O)c1ccc(F)cc1. The fourth-order valence-electron chi connectivity index (χ4n) is 2.71. The van der Waals surface area contributed by atoms with Crippen LogP contribution in [0.5, 0.6) is 0 Å². The first kappa shape index (κ1) is 15.1. The summed E-state index contributed by atoms with van der Waals surface area (Å²) in [5.74, 6) is 0.505. The average molecular weight is 306 g/mol. The number of morpholine rings is 1. The van der Waals surface area contributed by atoms with Crippen molar-refractivity contribution in [1.29, 1.82) is 0 Å². The summed E-state index contributed by atoms with van der Waals surface area (Å²) < 4.78 is 20.2. The summed E-state index contributed by atoms with van der Waals surface area (Å²) in [7, 11) is 1.84. The van der Waals surface area contributed by atoms with E-state index in [-0.39, 0.29) is 11.9 Å². The molecular weight excluding hydrogens is 287 g/mol. The van der Waals surface area contributed by atoms with Gasteiger partial charge in [-0.25, -0.2) is 9.37 Å². The highest BCUT2D eigenvalue weighted by Gasteiger charge is 2.29. The molecule has 2 heterocycles. The van der Waals surface area contributed by atoms with E-state index in [4.69, 9.17) is 4.74 Å². The minimum Gasteiger partial charge on any atom is -0.387 e. The van der Waals surface area contributed by atoms with Crippen molar-refractivity contribution in [2.24, 2.45) is 7.05 Å². The molecule has 1 fully saturated rings. The van der Waals surface area contributed by atoms with Crippen LogP contribution in [0.3, 0.4) is 0 Å². The predicted molar refractivity (Wildman–Crippen MR) is 77.5 cm³/mol. The maximum absolute atomic E-state index is 13.0. The molecule has 0 amide bonds. The fraction of sp³-hybridized carbons (Fsp3) is 0.467. The van der Waals surface area contributed by atoms with Crippen molar-refractivity contribution in [3.8, 4) is 0 Å². The standard InChI is InChI=1S/C15H19FN4O2/c1-19-15(17-10-18-19)13-9-22-7-6-20(13)8-14(21)11-2-4-12(16)5-3-11/h2-5,10,13-14,21H,6-9H2,1H3. The van der Waals surface area contributed by atoms with E-state index in [2.05, 4.69) is 15.0 Å². The number of benzene rings is 1. The van der Waals surface area contributed by atoms with Crippen molar-refractivity contribution in [3.63, 3.8) is 0 Å². The quantitative estimate of drug-likeness (QED) is 0.915. The highest BCUT2D eigenvalue weighted by atomic mass is 19.1. The molecule has 1 aromatic carbocycles. The van der Waals surface area contributed by atoms with Crippen LogP contribution < -0.4 is 0 Å². The second-order valence-corrected chi connectivity index (χ2v) is 5.39. The van der Waals surface area contributed by atoms with Crippen LogP contribution in [0.4, 0.5) is 4.39 Å². The zero-order valence-electron chi connectivity index (χ0n) is 12.4. The van der Waals surface area contributed by atoms with Gasteiger partial charge in [-0.05, 0) is 17.7 Å². The Hall–Kier alpha value is -1.83. The molecular formula is C15H19FN4O2. The van der Waals surface area contributed by atoms with Gasteiger partial charge in [0.15, 0.2) is 0 Å². The van der Waals surface area contributed by atoms with Crippen LogP contribution in [0.2, 0.25) is 0 Å². The van der Waals surface area contributed by atoms with Crippen molar-refractivity contribution < 1.29 is 14.2 Å². The molecule has 2 atom stereocenters. The molecule has 1 aliphatic heterocycles. The number of aryl methyl sites for hydroxylation is 1. The lowest BCUT2D eigenvalue weighted by molar-refractivity contribution is -0.0318. The van der Waals surface area contributed by atoms with Crippen LogP contribution >= 0.6 is 0 Å². The zero-order valence-corrected chi connectivity index (χ0v) is 12.4. The molecule has 0 bridgehead atoms. The highest BCUT2D eigenvalue weighted by molar-refractivity contribution is 5.19. The van der Waals surface area contributed by atoms with Crippen LogP contribution in [-0.4, -0.2) is 51.1 Å². The van der Waals surface area contributed by atoms with E-state index in [0.29, 0.717) is 31.9 Å². The number of aromatic nitrogens is 3. The van der Waals surface area contributed by atoms with E-state index in [1.165, 1.54) is 18.5 Å². The molecule has 0 spiro atoms. The Labute approximate surface area is 128 Å². The molecule has 0 radical (unpaired) electrons. The molecule has 1 saturated heterocycles. The Kier molecular flexibility index (Phi) is 4.47. The van der Waals surface area contributed by atoms with Crippen molar-refractivity contribution in [2.45, 2.75) is 12.1 Å². The van der Waals surface area contributed by atoms with E-state index in [1.807, 2.05) is 7.05 Å². The lowest BCUT2D eigenvalue weighted by Gasteiger charge is -2.35. The number of β-amino-alcohol motifs (C(OH)–C–C–N with tert-alkyl or cyclic N) is 1. The number of rotatable bonds is 4. The third kappa shape index (κ3) is 3.16. The van der Waals surface area contributed by atoms with Gasteiger partial charge >= 0.3 is 0 Å². The van der Waals surface area contributed by atoms with Crippen LogP contribution in [0.15, 0.2) is 30.6 Å². The molecule has 0 saturated carbocycles. The fourth-order valence-corrected chi connectivity index (χ4v) is 2.71. The first-order valence-corrected chi connectivity index (χ1v) is 7.24. The molecule has 3 rings (SSSR count). The average Bonchev–Trinajstić information content (AvgIpc) is 2.94. The first-order valence-electron chi connectivity index (χ1n) is 7.24. The molecule has 1 N–H and O–H groups in total. The van der Waals surface area contributed by atoms with Gasteiger partial charge in [-0.15, -0.1) is 0 Å². The Morgan fingerprint density at radius 1 is 1.41 bits per heavy atom. The first-order chi connectivity index (χ1) is 10.6. The van der Waals surface area contributed by atoms with Crippen molar-refractivity contribution >= 4 is 0 Å². The Morgan fingerprint density at radius 3 is 2.86 bits per heavy atom. The molecule has 0 aliphatic carbocycles. The van der Waals surface area contributed by atoms with E-state index in [9.17, 15) is 9.50 Å². The smallest absolute Gasteiger partial charge is 0.146 e. The molecule has 1 aliphatic rings. The van der Waals surface area contributed by atoms with E-state index in [1.54, 1.807) is 16.8 Å². The highest BCUT2D eigenvalue weighted by Crippen LogP contribution is 2.25. The topological polar surface area (TPSA) is 63.4 Å². The Balaban J connectivity index is 1.74. The number of aliphatic hydroxyl groups is 1. The predicted octanol–water partition coefficient (Wildman–Crippen LogP) is 1.06. The van der Waals surface area contributed by atoms with Crippen molar-refractivity contribution in [2.75, 3.05) is 26.3 Å². The zero-order chi connectivity index (χ0) is 15.5. The number of hydrogen-bond acceptors (Lipinski definition) is 5. The molecule has 2 aromatic rings. The number of ether oxygens (including phenoxy) is 1. The second kappa shape index (κ2) is 6.51. The van der Waals surface area contributed by atoms with Crippen molar-refractivity contribution in [3.05, 3.63) is 47.8 Å². The van der Waals surface area contributed by atoms with E-state index < -0.39 is 6.10 Å². The van der Waals surface area contributed by atoms with Crippen LogP contribution in [0.1, 0.15) is 23.5 Å². The number of nitrogens with zero attached hydrogens (tertiary/aromatic N) is 4. The third-order valence-electron chi connectivity index (χ3n) is 3.95. The molecule has 1 aromatic heterocycles. The van der Waals surface area contributed by atoms with Crippen LogP contribution in [0.25, 0.3) is 0 Å². The molecule has 22 heavy (non-hydrogen) atoms. The van der Waals surface area contributed by atoms with Gasteiger partial charge in [0.1, 0.15) is 18.0 Å². The van der Waals surface area contributed by atoms with Crippen LogP contribution in [-0.2, 0) is 11.8 Å². The van der Waals surface area contributed by atoms with Gasteiger partial charge in [0.2, 0.25) is 0 Å². The largest absolute Gasteiger partial charge is 0.387 e. The van der Waals surface area contributed by atoms with E-state index in [0.717, 1.165) is 5.82 Å². The summed E-state index contributed by atoms with van der Waals surface area (Å²) >= 11 is 0. The number of hydrogen-bond donors (Lipinski definition) is 1. The van der Waals surface area contributed by atoms with E-state index >= 15 is 0 Å². The number of halogens is 1. The van der Waals surface area contributed by atoms with Gasteiger partial charge < -0.3 is 9.84 Å². The lowest BCUT2D eigenvalue weighted by atomic mass is 10.1. The van der Waals surface area contributed by atoms with Gasteiger partial charge in [0.25, 0.3) is 0 Å². The van der Waals surface area contributed by atoms with Gasteiger partial charge in [-0.3, -0.25) is 9.58 Å². The van der Waals surface area contributed by atoms with Gasteiger partial charge in [-0.2, -0.15) is 5.10 Å². The van der Waals surface area contributed by atoms with Gasteiger partial charge in [0, 0.05) is 20.1 Å². The Bertz CT molecular complexity index is 616. The molecule has 2 unspecified atom stereocenters. The maximum Gasteiger partial charge on any atom is 0.146 e. The summed E-state index contributed by atoms with van der Waals surface area (Å²) in [6, 6.07) is 5.89. The minimum absolute atomic E-state index is 0.0450. The van der Waals surface area contributed by atoms with Crippen LogP contribution in [0, 0.1) is 5.82 Å². The lowest BCUT2D eigenvalue weighted by Crippen LogP contribution is -2.42. The minimum atomic E-state index is -0.686. The summed E-state index contributed by atoms with van der Waals surface area (Å²) in [6.45, 7) is 2.27. The third-order valence-corrected chi connectivity index (χ3v) is 3.95. The normalized spacial score (nSPS) is 21.0. The Morgan fingerprint density at radius 2 is 2.18 bits per heavy atom. The summed E-state index contributed by atoms with van der Waals surface area (Å²) in [4.78, 5) is 6.41. The van der Waals surface area contributed by atoms with Gasteiger partial charge in [-0.1, -0.05) is 12.1 Å². The summed E-state index contributed by atoms with van der Waals surface area (Å²) in [5, 5.41) is 14.5. The van der Waals surface area contributed by atoms with Gasteiger partial charge in [0.05, 0.1) is 25.4 Å². The summed E-state index contributed by atoms with van der Waals surface area (Å²) in [6.07, 6.45) is 0.827. The number of aliphatic hydroxyl groups excluding tert-OH is 1. The second-order valence-electron chi connectivity index (χ2n) is 5.39. The monoisotopic (exact) mass is 306 g/mol.